The summed E-state index contributed by atoms with van der Waals surface area (Å²) in [6.45, 7) is 7.28. The fourth-order valence-corrected chi connectivity index (χ4v) is 10.7. The zero-order chi connectivity index (χ0) is 48.0. The maximum absolute atomic E-state index is 14.1. The van der Waals surface area contributed by atoms with Gasteiger partial charge in [-0.2, -0.15) is 5.10 Å². The molecular weight excluding hydrogens is 889 g/mol. The second kappa shape index (κ2) is 21.9. The van der Waals surface area contributed by atoms with Gasteiger partial charge in [0.15, 0.2) is 5.69 Å². The largest absolute Gasteiger partial charge is 0.444 e. The Morgan fingerprint density at radius 1 is 0.957 bits per heavy atom. The lowest BCUT2D eigenvalue weighted by atomic mass is 9.80. The molecule has 3 aliphatic heterocycles. The van der Waals surface area contributed by atoms with E-state index in [0.717, 1.165) is 108 Å². The van der Waals surface area contributed by atoms with Gasteiger partial charge in [-0.25, -0.2) is 23.5 Å². The second-order valence-electron chi connectivity index (χ2n) is 19.8. The Hall–Kier alpha value is -5.79. The molecule has 1 atom stereocenters. The summed E-state index contributed by atoms with van der Waals surface area (Å²) in [5.74, 6) is 6.95. The van der Waals surface area contributed by atoms with Gasteiger partial charge in [-0.15, -0.1) is 0 Å². The number of halogens is 2. The third-order valence-corrected chi connectivity index (χ3v) is 14.9. The van der Waals surface area contributed by atoms with E-state index in [1.165, 1.54) is 19.1 Å². The van der Waals surface area contributed by atoms with E-state index in [4.69, 9.17) is 15.0 Å². The van der Waals surface area contributed by atoms with Gasteiger partial charge >= 0.3 is 5.69 Å². The number of likely N-dealkylation sites (tertiary alicyclic amines) is 2. The van der Waals surface area contributed by atoms with Crippen LogP contribution in [0.1, 0.15) is 106 Å². The number of carbonyl (C=O) groups excluding carboxylic acids is 3. The molecule has 3 aromatic heterocycles. The van der Waals surface area contributed by atoms with Gasteiger partial charge in [-0.1, -0.05) is 18.2 Å². The first-order valence-corrected chi connectivity index (χ1v) is 24.8. The average molecular weight is 954 g/mol. The predicted octanol–water partition coefficient (Wildman–Crippen LogP) is 5.97. The quantitative estimate of drug-likeness (QED) is 0.0394. The molecule has 3 saturated heterocycles. The number of nitrogens with one attached hydrogen (secondary N) is 3. The lowest BCUT2D eigenvalue weighted by molar-refractivity contribution is -0.135. The molecule has 69 heavy (non-hydrogen) atoms. The van der Waals surface area contributed by atoms with Gasteiger partial charge in [-0.05, 0) is 138 Å². The second-order valence-corrected chi connectivity index (χ2v) is 19.8. The van der Waals surface area contributed by atoms with Gasteiger partial charge in [0.05, 0.1) is 22.8 Å². The number of rotatable bonds is 18. The number of imidazole rings is 1. The minimum atomic E-state index is -2.98. The highest BCUT2D eigenvalue weighted by Gasteiger charge is 2.33. The van der Waals surface area contributed by atoms with Crippen LogP contribution in [0, 0.1) is 23.7 Å². The number of imide groups is 1. The number of anilines is 1. The van der Waals surface area contributed by atoms with Crippen LogP contribution in [0.15, 0.2) is 68.9 Å². The summed E-state index contributed by atoms with van der Waals surface area (Å²) in [5.41, 5.74) is 2.11. The summed E-state index contributed by atoms with van der Waals surface area (Å²) < 4.78 is 43.4. The molecule has 0 spiro atoms. The number of carbonyl (C=O) groups is 3. The molecule has 9 rings (SSSR count). The van der Waals surface area contributed by atoms with Gasteiger partial charge in [0.1, 0.15) is 23.8 Å². The van der Waals surface area contributed by atoms with Crippen LogP contribution in [0.3, 0.4) is 0 Å². The van der Waals surface area contributed by atoms with Gasteiger partial charge in [-0.3, -0.25) is 33.7 Å². The van der Waals surface area contributed by atoms with Crippen molar-refractivity contribution in [1.29, 1.82) is 0 Å². The molecule has 1 unspecified atom stereocenters. The van der Waals surface area contributed by atoms with Crippen LogP contribution in [-0.2, 0) is 27.9 Å². The Bertz CT molecular complexity index is 2580. The van der Waals surface area contributed by atoms with E-state index < -0.39 is 30.0 Å². The summed E-state index contributed by atoms with van der Waals surface area (Å²) in [6.07, 6.45) is 13.3. The maximum Gasteiger partial charge on any atom is 0.329 e. The molecule has 2 aliphatic carbocycles. The standard InChI is InChI=1S/C50H65F2N11O6/c1-60-45-36(3-2-4-40(45)63(50(60)67)41-13-14-43(64)58-48(41)66)28-62-23-18-37(19-24-62)68-29-34-16-21-61(22-17-34)27-33-9-5-31(6-10-33)11-12-38(44(59-53)46(51)52)56-47(65)39-30-69-49(57-39)35-15-20-54-42(25-35)55-26-32-7-8-32/h2-4,12,15,20,25,30-34,37,41,46H,5-11,13-14,16-19,21-24,26-29,53H2,1H3,(H,54,55)(H,56,65)(H,58,64,66)/b38-12+,59-44+/t31-,33-,41?. The number of hydrogen-bond acceptors (Lipinski definition) is 13. The molecule has 4 aromatic rings. The molecule has 5 aliphatic rings. The SMILES string of the molecule is Cn1c(=O)n(C2CCC(=O)NC2=O)c2cccc(CN3CCC(OCC4CCN(C[C@H]5CC[C@H](C/C=C(NC(=O)c6coc(-c7ccnc(NCC8CC8)c7)n6)\C(=N/N)C(F)F)CC5)CC4)CC3)c21. The minimum absolute atomic E-state index is 0.0537. The van der Waals surface area contributed by atoms with Crippen LogP contribution in [-0.4, -0.2) is 111 Å². The Morgan fingerprint density at radius 3 is 2.42 bits per heavy atom. The third kappa shape index (κ3) is 11.8. The number of hydrogen-bond donors (Lipinski definition) is 4. The van der Waals surface area contributed by atoms with Crippen molar-refractivity contribution in [1.82, 2.24) is 39.5 Å². The highest BCUT2D eigenvalue weighted by Crippen LogP contribution is 2.34. The van der Waals surface area contributed by atoms with Crippen molar-refractivity contribution in [3.8, 4) is 11.5 Å². The number of aromatic nitrogens is 4. The number of aryl methyl sites for hydroxylation is 1. The van der Waals surface area contributed by atoms with Gasteiger partial charge < -0.3 is 30.5 Å². The highest BCUT2D eigenvalue weighted by atomic mass is 19.3. The van der Waals surface area contributed by atoms with Crippen molar-refractivity contribution in [2.24, 2.45) is 41.7 Å². The molecule has 5 N–H and O–H groups in total. The topological polar surface area (TPSA) is 207 Å². The van der Waals surface area contributed by atoms with Gasteiger partial charge in [0, 0.05) is 64.6 Å². The van der Waals surface area contributed by atoms with E-state index in [1.807, 2.05) is 12.1 Å². The molecule has 6 heterocycles. The molecule has 19 heteroatoms. The van der Waals surface area contributed by atoms with Crippen molar-refractivity contribution in [3.05, 3.63) is 76.3 Å². The lowest BCUT2D eigenvalue weighted by Crippen LogP contribution is -2.44. The zero-order valence-electron chi connectivity index (χ0n) is 39.4. The van der Waals surface area contributed by atoms with E-state index in [0.29, 0.717) is 54.0 Å². The third-order valence-electron chi connectivity index (χ3n) is 14.9. The smallest absolute Gasteiger partial charge is 0.329 e. The zero-order valence-corrected chi connectivity index (χ0v) is 39.4. The summed E-state index contributed by atoms with van der Waals surface area (Å²) in [5, 5.41) is 11.6. The summed E-state index contributed by atoms with van der Waals surface area (Å²) >= 11 is 0. The Labute approximate surface area is 400 Å². The number of para-hydroxylation sites is 1. The monoisotopic (exact) mass is 954 g/mol. The van der Waals surface area contributed by atoms with Crippen LogP contribution in [0.4, 0.5) is 14.6 Å². The van der Waals surface area contributed by atoms with Gasteiger partial charge in [0.2, 0.25) is 17.7 Å². The first-order valence-electron chi connectivity index (χ1n) is 24.8. The number of ether oxygens (including phenoxy) is 1. The van der Waals surface area contributed by atoms with Gasteiger partial charge in [0.25, 0.3) is 12.3 Å². The molecular formula is C50H65F2N11O6. The number of nitrogens with two attached hydrogens (primary N) is 1. The van der Waals surface area contributed by atoms with Crippen LogP contribution in [0.5, 0.6) is 0 Å². The van der Waals surface area contributed by atoms with E-state index >= 15 is 0 Å². The molecule has 5 fully saturated rings. The Kier molecular flexibility index (Phi) is 15.3. The Balaban J connectivity index is 0.685. The first-order chi connectivity index (χ1) is 33.5. The number of oxazole rings is 1. The number of benzene rings is 1. The Morgan fingerprint density at radius 2 is 1.70 bits per heavy atom. The molecule has 17 nitrogen and oxygen atoms in total. The highest BCUT2D eigenvalue weighted by molar-refractivity contribution is 6.07. The van der Waals surface area contributed by atoms with E-state index in [2.05, 4.69) is 46.9 Å². The van der Waals surface area contributed by atoms with Crippen LogP contribution < -0.4 is 27.5 Å². The van der Waals surface area contributed by atoms with Crippen molar-refractivity contribution < 1.29 is 32.3 Å². The summed E-state index contributed by atoms with van der Waals surface area (Å²) in [4.78, 5) is 64.8. The van der Waals surface area contributed by atoms with Crippen molar-refractivity contribution >= 4 is 40.3 Å². The number of amides is 3. The van der Waals surface area contributed by atoms with E-state index in [9.17, 15) is 28.0 Å². The number of alkyl halides is 2. The number of pyridine rings is 1. The molecule has 0 radical (unpaired) electrons. The maximum atomic E-state index is 14.1. The van der Waals surface area contributed by atoms with Crippen molar-refractivity contribution in [3.63, 3.8) is 0 Å². The lowest BCUT2D eigenvalue weighted by Gasteiger charge is -2.37. The van der Waals surface area contributed by atoms with E-state index in [1.54, 1.807) is 40.6 Å². The van der Waals surface area contributed by atoms with Crippen molar-refractivity contribution in [2.75, 3.05) is 51.2 Å². The molecule has 370 valence electrons. The summed E-state index contributed by atoms with van der Waals surface area (Å²) in [7, 11) is 1.75. The predicted molar refractivity (Wildman–Crippen MR) is 256 cm³/mol. The number of nitrogens with zero attached hydrogens (tertiary/aromatic N) is 7. The average Bonchev–Trinajstić information content (AvgIpc) is 3.99. The molecule has 2 saturated carbocycles. The summed E-state index contributed by atoms with van der Waals surface area (Å²) in [6, 6.07) is 8.69. The van der Waals surface area contributed by atoms with Crippen LogP contribution in [0.25, 0.3) is 22.5 Å². The molecule has 3 amide bonds. The number of hydrazone groups is 1. The van der Waals surface area contributed by atoms with E-state index in [-0.39, 0.29) is 47.3 Å². The molecule has 1 aromatic carbocycles. The normalized spacial score (nSPS) is 22.9. The fraction of sp³-hybridized carbons (Fsp3) is 0.580. The minimum Gasteiger partial charge on any atom is -0.444 e. The van der Waals surface area contributed by atoms with Crippen LogP contribution >= 0.6 is 0 Å². The fourth-order valence-electron chi connectivity index (χ4n) is 10.7. The first kappa shape index (κ1) is 48.2. The van der Waals surface area contributed by atoms with Crippen LogP contribution in [0.2, 0.25) is 0 Å². The molecule has 0 bridgehead atoms. The number of piperidine rings is 3. The number of fused-ring (bicyclic) bond motifs is 1. The number of allylic oxidation sites excluding steroid dienone is 2. The van der Waals surface area contributed by atoms with Crippen molar-refractivity contribution in [2.45, 2.75) is 109 Å².